The highest BCUT2D eigenvalue weighted by molar-refractivity contribution is 6.01. The van der Waals surface area contributed by atoms with Gasteiger partial charge in [0.25, 0.3) is 0 Å². The highest BCUT2D eigenvalue weighted by Crippen LogP contribution is 2.41. The lowest BCUT2D eigenvalue weighted by atomic mass is 10.0. The number of rotatable bonds is 7. The van der Waals surface area contributed by atoms with E-state index in [4.69, 9.17) is 9.47 Å². The Morgan fingerprint density at radius 3 is 2.88 bits per heavy atom. The average molecular weight is 455 g/mol. The first-order valence-corrected chi connectivity index (χ1v) is 11.2. The van der Waals surface area contributed by atoms with Gasteiger partial charge >= 0.3 is 0 Å². The van der Waals surface area contributed by atoms with Gasteiger partial charge in [0.1, 0.15) is 0 Å². The zero-order valence-electron chi connectivity index (χ0n) is 18.9. The SMILES string of the molecule is CC(C(=O)Nc1nn(CCC(C)(C)O)c2ncc(-c3ccc4c(c3F)OCO4)cc12)C1CC1. The van der Waals surface area contributed by atoms with Gasteiger partial charge in [0.15, 0.2) is 23.0 Å². The number of fused-ring (bicyclic) bond motifs is 2. The van der Waals surface area contributed by atoms with Crippen molar-refractivity contribution in [1.82, 2.24) is 14.8 Å². The van der Waals surface area contributed by atoms with Crippen LogP contribution in [0.5, 0.6) is 11.5 Å². The molecule has 3 aromatic rings. The number of hydrogen-bond acceptors (Lipinski definition) is 6. The minimum atomic E-state index is -0.877. The van der Waals surface area contributed by atoms with Crippen molar-refractivity contribution < 1.29 is 23.8 Å². The highest BCUT2D eigenvalue weighted by atomic mass is 19.1. The molecular formula is C24H27FN4O4. The lowest BCUT2D eigenvalue weighted by molar-refractivity contribution is -0.119. The first kappa shape index (κ1) is 21.6. The van der Waals surface area contributed by atoms with E-state index in [1.54, 1.807) is 42.9 Å². The molecule has 174 valence electrons. The molecule has 33 heavy (non-hydrogen) atoms. The summed E-state index contributed by atoms with van der Waals surface area (Å²) in [6.07, 6.45) is 4.15. The highest BCUT2D eigenvalue weighted by Gasteiger charge is 2.33. The summed E-state index contributed by atoms with van der Waals surface area (Å²) in [6.45, 7) is 5.78. The Morgan fingerprint density at radius 1 is 1.36 bits per heavy atom. The zero-order chi connectivity index (χ0) is 23.3. The fourth-order valence-corrected chi connectivity index (χ4v) is 4.04. The molecule has 2 aliphatic rings. The molecule has 0 spiro atoms. The van der Waals surface area contributed by atoms with Crippen molar-refractivity contribution in [2.75, 3.05) is 12.1 Å². The number of aryl methyl sites for hydroxylation is 1. The van der Waals surface area contributed by atoms with Gasteiger partial charge in [0.2, 0.25) is 18.4 Å². The Kier molecular flexibility index (Phi) is 5.23. The number of carbonyl (C=O) groups excluding carboxylic acids is 1. The second-order valence-electron chi connectivity index (χ2n) is 9.51. The number of ether oxygens (including phenoxy) is 2. The van der Waals surface area contributed by atoms with Crippen LogP contribution in [-0.4, -0.2) is 38.2 Å². The van der Waals surface area contributed by atoms with Crippen molar-refractivity contribution in [2.24, 2.45) is 11.8 Å². The van der Waals surface area contributed by atoms with Crippen molar-refractivity contribution in [3.8, 4) is 22.6 Å². The molecule has 1 aromatic carbocycles. The number of aliphatic hydroxyl groups is 1. The Hall–Kier alpha value is -3.20. The number of anilines is 1. The number of aromatic nitrogens is 3. The first-order valence-electron chi connectivity index (χ1n) is 11.2. The number of amides is 1. The van der Waals surface area contributed by atoms with Crippen LogP contribution in [0.2, 0.25) is 0 Å². The third-order valence-corrected chi connectivity index (χ3v) is 6.30. The van der Waals surface area contributed by atoms with E-state index in [0.717, 1.165) is 12.8 Å². The smallest absolute Gasteiger partial charge is 0.231 e. The number of pyridine rings is 1. The Labute approximate surface area is 190 Å². The summed E-state index contributed by atoms with van der Waals surface area (Å²) in [5.74, 6) is 0.523. The minimum absolute atomic E-state index is 0.0175. The van der Waals surface area contributed by atoms with E-state index < -0.39 is 11.4 Å². The van der Waals surface area contributed by atoms with Crippen molar-refractivity contribution in [3.63, 3.8) is 0 Å². The van der Waals surface area contributed by atoms with Crippen molar-refractivity contribution in [1.29, 1.82) is 0 Å². The molecule has 9 heteroatoms. The number of carbonyl (C=O) groups is 1. The molecule has 3 heterocycles. The summed E-state index contributed by atoms with van der Waals surface area (Å²) in [7, 11) is 0. The summed E-state index contributed by atoms with van der Waals surface area (Å²) in [5.41, 5.74) is 0.531. The third-order valence-electron chi connectivity index (χ3n) is 6.30. The number of benzene rings is 1. The molecule has 1 fully saturated rings. The molecule has 1 atom stereocenters. The van der Waals surface area contributed by atoms with Gasteiger partial charge in [0, 0.05) is 29.8 Å². The topological polar surface area (TPSA) is 98.5 Å². The summed E-state index contributed by atoms with van der Waals surface area (Å²) in [6, 6.07) is 5.06. The largest absolute Gasteiger partial charge is 0.453 e. The second-order valence-corrected chi connectivity index (χ2v) is 9.51. The van der Waals surface area contributed by atoms with Gasteiger partial charge < -0.3 is 19.9 Å². The summed E-state index contributed by atoms with van der Waals surface area (Å²) < 4.78 is 27.3. The van der Waals surface area contributed by atoms with E-state index >= 15 is 4.39 Å². The molecular weight excluding hydrogens is 427 g/mol. The van der Waals surface area contributed by atoms with Gasteiger partial charge in [0.05, 0.1) is 11.0 Å². The van der Waals surface area contributed by atoms with Gasteiger partial charge in [-0.15, -0.1) is 0 Å². The Bertz CT molecular complexity index is 1230. The second kappa shape index (κ2) is 7.98. The summed E-state index contributed by atoms with van der Waals surface area (Å²) in [4.78, 5) is 17.3. The molecule has 1 saturated carbocycles. The molecule has 5 rings (SSSR count). The number of hydrogen-bond donors (Lipinski definition) is 2. The van der Waals surface area contributed by atoms with Gasteiger partial charge in [-0.05, 0) is 57.2 Å². The summed E-state index contributed by atoms with van der Waals surface area (Å²) >= 11 is 0. The molecule has 2 N–H and O–H groups in total. The molecule has 0 saturated heterocycles. The van der Waals surface area contributed by atoms with E-state index in [-0.39, 0.29) is 24.4 Å². The number of halogens is 1. The molecule has 0 bridgehead atoms. The minimum Gasteiger partial charge on any atom is -0.453 e. The average Bonchev–Trinajstić information content (AvgIpc) is 3.41. The predicted molar refractivity (Wildman–Crippen MR) is 120 cm³/mol. The molecule has 0 radical (unpaired) electrons. The quantitative estimate of drug-likeness (QED) is 0.558. The number of nitrogens with zero attached hydrogens (tertiary/aromatic N) is 3. The first-order chi connectivity index (χ1) is 15.7. The van der Waals surface area contributed by atoms with Gasteiger partial charge in [-0.1, -0.05) is 6.92 Å². The molecule has 1 aliphatic heterocycles. The van der Waals surface area contributed by atoms with Gasteiger partial charge in [-0.2, -0.15) is 5.10 Å². The van der Waals surface area contributed by atoms with Crippen LogP contribution in [0.1, 0.15) is 40.0 Å². The van der Waals surface area contributed by atoms with Crippen LogP contribution in [0, 0.1) is 17.7 Å². The Balaban J connectivity index is 1.55. The molecule has 8 nitrogen and oxygen atoms in total. The fourth-order valence-electron chi connectivity index (χ4n) is 4.04. The third kappa shape index (κ3) is 4.25. The lowest BCUT2D eigenvalue weighted by Gasteiger charge is -2.16. The van der Waals surface area contributed by atoms with Crippen LogP contribution in [0.25, 0.3) is 22.2 Å². The maximum atomic E-state index is 15.1. The molecule has 1 aliphatic carbocycles. The Morgan fingerprint density at radius 2 is 2.15 bits per heavy atom. The monoisotopic (exact) mass is 454 g/mol. The fraction of sp³-hybridized carbons (Fsp3) is 0.458. The predicted octanol–water partition coefficient (Wildman–Crippen LogP) is 4.11. The zero-order valence-corrected chi connectivity index (χ0v) is 18.9. The van der Waals surface area contributed by atoms with Gasteiger partial charge in [-0.3, -0.25) is 4.79 Å². The summed E-state index contributed by atoms with van der Waals surface area (Å²) in [5, 5.41) is 18.3. The normalized spacial score (nSPS) is 16.3. The van der Waals surface area contributed by atoms with E-state index in [2.05, 4.69) is 15.4 Å². The van der Waals surface area contributed by atoms with Crippen LogP contribution in [0.15, 0.2) is 24.4 Å². The van der Waals surface area contributed by atoms with E-state index in [9.17, 15) is 9.90 Å². The van der Waals surface area contributed by atoms with Crippen LogP contribution in [0.3, 0.4) is 0 Å². The molecule has 2 aromatic heterocycles. The lowest BCUT2D eigenvalue weighted by Crippen LogP contribution is -2.23. The number of nitrogens with one attached hydrogen (secondary N) is 1. The maximum absolute atomic E-state index is 15.1. The molecule has 1 amide bonds. The van der Waals surface area contributed by atoms with Crippen LogP contribution in [-0.2, 0) is 11.3 Å². The van der Waals surface area contributed by atoms with E-state index in [1.165, 1.54) is 0 Å². The molecule has 1 unspecified atom stereocenters. The van der Waals surface area contributed by atoms with Crippen LogP contribution < -0.4 is 14.8 Å². The van der Waals surface area contributed by atoms with Gasteiger partial charge in [-0.25, -0.2) is 14.1 Å². The van der Waals surface area contributed by atoms with Crippen molar-refractivity contribution in [2.45, 2.75) is 52.2 Å². The van der Waals surface area contributed by atoms with Crippen LogP contribution in [0.4, 0.5) is 10.2 Å². The van der Waals surface area contributed by atoms with E-state index in [1.807, 2.05) is 6.92 Å². The maximum Gasteiger partial charge on any atom is 0.231 e. The van der Waals surface area contributed by atoms with E-state index in [0.29, 0.717) is 52.6 Å². The van der Waals surface area contributed by atoms with Crippen molar-refractivity contribution >= 4 is 22.8 Å². The van der Waals surface area contributed by atoms with Crippen molar-refractivity contribution in [3.05, 3.63) is 30.2 Å². The van der Waals surface area contributed by atoms with Crippen LogP contribution >= 0.6 is 0 Å². The standard InChI is InChI=1S/C24H27FN4O4/c1-13(14-4-5-14)23(30)27-21-17-10-15(16-6-7-18-20(19(16)25)33-12-32-18)11-26-22(17)29(28-21)9-8-24(2,3)31/h6-7,10-11,13-14,31H,4-5,8-9,12H2,1-3H3,(H,27,28,30).